The summed E-state index contributed by atoms with van der Waals surface area (Å²) >= 11 is 0. The lowest BCUT2D eigenvalue weighted by Crippen LogP contribution is -1.96. The molecule has 3 heteroatoms. The number of allylic oxidation sites excluding steroid dienone is 1. The molecule has 3 nitrogen and oxygen atoms in total. The number of aromatic nitrogens is 1. The molecule has 0 radical (unpaired) electrons. The second-order valence-electron chi connectivity index (χ2n) is 5.80. The molecular weight excluding hydrogens is 298 g/mol. The van der Waals surface area contributed by atoms with Gasteiger partial charge in [0.2, 0.25) is 0 Å². The van der Waals surface area contributed by atoms with Crippen LogP contribution >= 0.6 is 0 Å². The van der Waals surface area contributed by atoms with Crippen LogP contribution in [-0.4, -0.2) is 18.1 Å². The largest absolute Gasteiger partial charge is 0.466 e. The summed E-state index contributed by atoms with van der Waals surface area (Å²) in [6.45, 7) is 3.99. The Morgan fingerprint density at radius 2 is 1.92 bits per heavy atom. The van der Waals surface area contributed by atoms with Gasteiger partial charge >= 0.3 is 5.97 Å². The van der Waals surface area contributed by atoms with Gasteiger partial charge in [0.25, 0.3) is 0 Å². The monoisotopic (exact) mass is 317 g/mol. The molecule has 0 fully saturated rings. The van der Waals surface area contributed by atoms with Crippen LogP contribution in [0.15, 0.2) is 60.8 Å². The van der Waals surface area contributed by atoms with Crippen molar-refractivity contribution in [1.82, 2.24) is 4.98 Å². The molecule has 120 valence electrons. The summed E-state index contributed by atoms with van der Waals surface area (Å²) in [6.07, 6.45) is 3.26. The summed E-state index contributed by atoms with van der Waals surface area (Å²) < 4.78 is 4.68. The van der Waals surface area contributed by atoms with E-state index in [-0.39, 0.29) is 5.97 Å². The number of ether oxygens (including phenoxy) is 1. The first-order chi connectivity index (χ1) is 11.6. The van der Waals surface area contributed by atoms with E-state index in [9.17, 15) is 4.79 Å². The number of hydrogen-bond donors (Lipinski definition) is 0. The summed E-state index contributed by atoms with van der Waals surface area (Å²) in [5, 5.41) is 1.05. The molecule has 3 rings (SSSR count). The minimum absolute atomic E-state index is 0.360. The van der Waals surface area contributed by atoms with E-state index in [1.807, 2.05) is 25.1 Å². The van der Waals surface area contributed by atoms with Crippen LogP contribution < -0.4 is 0 Å². The lowest BCUT2D eigenvalue weighted by Gasteiger charge is -2.08. The first-order valence-electron chi connectivity index (χ1n) is 7.81. The van der Waals surface area contributed by atoms with Crippen LogP contribution in [0.2, 0.25) is 0 Å². The molecule has 0 N–H and O–H groups in total. The van der Waals surface area contributed by atoms with Gasteiger partial charge in [-0.2, -0.15) is 0 Å². The number of rotatable bonds is 3. The molecule has 0 saturated heterocycles. The normalized spacial score (nSPS) is 11.5. The molecule has 0 aliphatic rings. The number of fused-ring (bicyclic) bond motifs is 1. The van der Waals surface area contributed by atoms with Gasteiger partial charge in [-0.1, -0.05) is 30.3 Å². The van der Waals surface area contributed by atoms with Gasteiger partial charge in [0.15, 0.2) is 0 Å². The van der Waals surface area contributed by atoms with Crippen molar-refractivity contribution in [1.29, 1.82) is 0 Å². The minimum Gasteiger partial charge on any atom is -0.466 e. The summed E-state index contributed by atoms with van der Waals surface area (Å²) in [5.74, 6) is -0.360. The number of carbonyl (C=O) groups is 1. The van der Waals surface area contributed by atoms with E-state index in [2.05, 4.69) is 47.0 Å². The van der Waals surface area contributed by atoms with E-state index in [1.165, 1.54) is 24.3 Å². The van der Waals surface area contributed by atoms with Crippen LogP contribution in [0.4, 0.5) is 0 Å². The Bertz CT molecular complexity index is 941. The molecule has 3 aromatic rings. The maximum absolute atomic E-state index is 11.4. The van der Waals surface area contributed by atoms with Gasteiger partial charge in [0, 0.05) is 17.7 Å². The average molecular weight is 317 g/mol. The fraction of sp³-hybridized carbons (Fsp3) is 0.143. The zero-order valence-corrected chi connectivity index (χ0v) is 14.0. The summed E-state index contributed by atoms with van der Waals surface area (Å²) in [5.41, 5.74) is 6.29. The molecule has 0 unspecified atom stereocenters. The number of aryl methyl sites for hydroxylation is 1. The van der Waals surface area contributed by atoms with Gasteiger partial charge in [0.1, 0.15) is 0 Å². The van der Waals surface area contributed by atoms with Gasteiger partial charge < -0.3 is 4.74 Å². The highest BCUT2D eigenvalue weighted by molar-refractivity contribution is 5.93. The van der Waals surface area contributed by atoms with Gasteiger partial charge in [-0.05, 0) is 59.9 Å². The van der Waals surface area contributed by atoms with Crippen molar-refractivity contribution in [3.05, 3.63) is 71.9 Å². The second kappa shape index (κ2) is 6.67. The molecule has 0 atom stereocenters. The van der Waals surface area contributed by atoms with Crippen molar-refractivity contribution < 1.29 is 9.53 Å². The van der Waals surface area contributed by atoms with E-state index in [1.54, 1.807) is 6.20 Å². The Morgan fingerprint density at radius 1 is 1.12 bits per heavy atom. The summed E-state index contributed by atoms with van der Waals surface area (Å²) in [4.78, 5) is 15.9. The maximum atomic E-state index is 11.4. The van der Waals surface area contributed by atoms with E-state index in [0.29, 0.717) is 0 Å². The third-order valence-electron chi connectivity index (χ3n) is 4.13. The van der Waals surface area contributed by atoms with Crippen LogP contribution in [-0.2, 0) is 9.53 Å². The lowest BCUT2D eigenvalue weighted by molar-refractivity contribution is -0.134. The van der Waals surface area contributed by atoms with Crippen LogP contribution in [0, 0.1) is 6.92 Å². The Balaban J connectivity index is 2.07. The zero-order chi connectivity index (χ0) is 17.1. The van der Waals surface area contributed by atoms with E-state index >= 15 is 0 Å². The SMILES string of the molecule is COC(=O)C=C(C)c1cnc2ccc(-c3ccccc3C)cc2c1. The highest BCUT2D eigenvalue weighted by Crippen LogP contribution is 2.27. The number of methoxy groups -OCH3 is 1. The fourth-order valence-electron chi connectivity index (χ4n) is 2.73. The Labute approximate surface area is 141 Å². The van der Waals surface area contributed by atoms with Crippen molar-refractivity contribution in [2.45, 2.75) is 13.8 Å². The van der Waals surface area contributed by atoms with E-state index < -0.39 is 0 Å². The zero-order valence-electron chi connectivity index (χ0n) is 14.0. The van der Waals surface area contributed by atoms with E-state index in [4.69, 9.17) is 0 Å². The first kappa shape index (κ1) is 15.9. The van der Waals surface area contributed by atoms with Gasteiger partial charge in [-0.15, -0.1) is 0 Å². The average Bonchev–Trinajstić information content (AvgIpc) is 2.61. The van der Waals surface area contributed by atoms with Crippen molar-refractivity contribution in [3.63, 3.8) is 0 Å². The molecule has 0 amide bonds. The second-order valence-corrected chi connectivity index (χ2v) is 5.80. The maximum Gasteiger partial charge on any atom is 0.330 e. The number of benzene rings is 2. The van der Waals surface area contributed by atoms with E-state index in [0.717, 1.165) is 27.6 Å². The van der Waals surface area contributed by atoms with Crippen LogP contribution in [0.1, 0.15) is 18.1 Å². The Morgan fingerprint density at radius 3 is 2.67 bits per heavy atom. The van der Waals surface area contributed by atoms with Crippen molar-refractivity contribution in [2.75, 3.05) is 7.11 Å². The molecule has 1 heterocycles. The highest BCUT2D eigenvalue weighted by Gasteiger charge is 2.06. The number of carbonyl (C=O) groups excluding carboxylic acids is 1. The standard InChI is InChI=1S/C21H19NO2/c1-14-6-4-5-7-19(14)16-8-9-20-17(11-16)12-18(13-22-20)15(2)10-21(23)24-3/h4-13H,1-3H3. The molecule has 24 heavy (non-hydrogen) atoms. The molecule has 1 aromatic heterocycles. The molecule has 0 aliphatic carbocycles. The van der Waals surface area contributed by atoms with Crippen LogP contribution in [0.3, 0.4) is 0 Å². The van der Waals surface area contributed by atoms with Crippen molar-refractivity contribution in [3.8, 4) is 11.1 Å². The Hall–Kier alpha value is -2.94. The molecule has 0 saturated carbocycles. The quantitative estimate of drug-likeness (QED) is 0.515. The smallest absolute Gasteiger partial charge is 0.330 e. The first-order valence-corrected chi connectivity index (χ1v) is 7.81. The Kier molecular flexibility index (Phi) is 4.43. The predicted molar refractivity (Wildman–Crippen MR) is 97.6 cm³/mol. The number of hydrogen-bond acceptors (Lipinski definition) is 3. The lowest BCUT2D eigenvalue weighted by atomic mass is 9.98. The third kappa shape index (κ3) is 3.20. The van der Waals surface area contributed by atoms with Gasteiger partial charge in [0.05, 0.1) is 12.6 Å². The third-order valence-corrected chi connectivity index (χ3v) is 4.13. The van der Waals surface area contributed by atoms with Crippen molar-refractivity contribution >= 4 is 22.4 Å². The molecule has 0 bridgehead atoms. The minimum atomic E-state index is -0.360. The van der Waals surface area contributed by atoms with Gasteiger partial charge in [-0.3, -0.25) is 4.98 Å². The number of nitrogens with zero attached hydrogens (tertiary/aromatic N) is 1. The topological polar surface area (TPSA) is 39.2 Å². The summed E-state index contributed by atoms with van der Waals surface area (Å²) in [7, 11) is 1.37. The van der Waals surface area contributed by atoms with Gasteiger partial charge in [-0.25, -0.2) is 4.79 Å². The fourth-order valence-corrected chi connectivity index (χ4v) is 2.73. The molecule has 0 spiro atoms. The molecule has 0 aliphatic heterocycles. The molecular formula is C21H19NO2. The van der Waals surface area contributed by atoms with Crippen molar-refractivity contribution in [2.24, 2.45) is 0 Å². The van der Waals surface area contributed by atoms with Crippen LogP contribution in [0.5, 0.6) is 0 Å². The number of esters is 1. The molecule has 2 aromatic carbocycles. The summed E-state index contributed by atoms with van der Waals surface area (Å²) in [6, 6.07) is 16.6. The van der Waals surface area contributed by atoms with Crippen LogP contribution in [0.25, 0.3) is 27.6 Å². The highest BCUT2D eigenvalue weighted by atomic mass is 16.5. The predicted octanol–water partition coefficient (Wildman–Crippen LogP) is 4.79. The number of pyridine rings is 1.